The van der Waals surface area contributed by atoms with Crippen molar-refractivity contribution in [1.82, 2.24) is 5.32 Å². The van der Waals surface area contributed by atoms with Crippen LogP contribution in [0, 0.1) is 5.82 Å². The highest BCUT2D eigenvalue weighted by molar-refractivity contribution is 5.55. The number of rotatable bonds is 6. The smallest absolute Gasteiger partial charge is 0.130 e. The van der Waals surface area contributed by atoms with Crippen LogP contribution >= 0.6 is 0 Å². The Balaban J connectivity index is 2.23. The van der Waals surface area contributed by atoms with E-state index >= 15 is 0 Å². The lowest BCUT2D eigenvalue weighted by molar-refractivity contribution is 0.0559. The minimum absolute atomic E-state index is 0.0492. The molecule has 4 heteroatoms. The van der Waals surface area contributed by atoms with Crippen LogP contribution in [-0.4, -0.2) is 30.8 Å². The molecule has 1 atom stereocenters. The van der Waals surface area contributed by atoms with Crippen LogP contribution in [0.3, 0.4) is 0 Å². The molecule has 0 aliphatic heterocycles. The van der Waals surface area contributed by atoms with E-state index in [4.69, 9.17) is 0 Å². The molecule has 1 aliphatic carbocycles. The summed E-state index contributed by atoms with van der Waals surface area (Å²) in [5.74, 6) is -0.189. The second-order valence-electron chi connectivity index (χ2n) is 6.24. The Morgan fingerprint density at radius 1 is 1.38 bits per heavy atom. The first-order valence-corrected chi connectivity index (χ1v) is 7.92. The van der Waals surface area contributed by atoms with Gasteiger partial charge in [0, 0.05) is 30.9 Å². The monoisotopic (exact) mass is 294 g/mol. The molecule has 1 aromatic carbocycles. The molecule has 0 amide bonds. The average Bonchev–Trinajstić information content (AvgIpc) is 2.85. The number of halogens is 1. The molecule has 0 spiro atoms. The summed E-state index contributed by atoms with van der Waals surface area (Å²) in [7, 11) is 1.94. The highest BCUT2D eigenvalue weighted by Crippen LogP contribution is 2.34. The third-order valence-corrected chi connectivity index (χ3v) is 4.45. The van der Waals surface area contributed by atoms with Gasteiger partial charge in [0.15, 0.2) is 0 Å². The molecule has 1 saturated carbocycles. The normalized spacial score (nSPS) is 18.7. The van der Waals surface area contributed by atoms with E-state index in [2.05, 4.69) is 5.32 Å². The number of nitrogens with zero attached hydrogens (tertiary/aromatic N) is 1. The zero-order valence-electron chi connectivity index (χ0n) is 13.3. The van der Waals surface area contributed by atoms with Crippen molar-refractivity contribution in [3.05, 3.63) is 29.6 Å². The first-order chi connectivity index (χ1) is 9.97. The maximum absolute atomic E-state index is 14.3. The summed E-state index contributed by atoms with van der Waals surface area (Å²) in [6, 6.07) is 5.13. The van der Waals surface area contributed by atoms with Crippen molar-refractivity contribution in [2.75, 3.05) is 25.0 Å². The number of aliphatic hydroxyl groups is 1. The molecule has 1 unspecified atom stereocenters. The molecule has 21 heavy (non-hydrogen) atoms. The van der Waals surface area contributed by atoms with Crippen LogP contribution in [0.4, 0.5) is 10.1 Å². The lowest BCUT2D eigenvalue weighted by Crippen LogP contribution is -2.40. The maximum Gasteiger partial charge on any atom is 0.130 e. The summed E-state index contributed by atoms with van der Waals surface area (Å²) in [6.07, 6.45) is 3.83. The first kappa shape index (κ1) is 16.2. The first-order valence-electron chi connectivity index (χ1n) is 7.92. The minimum Gasteiger partial charge on any atom is -0.388 e. The fraction of sp³-hybridized carbons (Fsp3) is 0.647. The largest absolute Gasteiger partial charge is 0.388 e. The van der Waals surface area contributed by atoms with E-state index in [1.807, 2.05) is 31.9 Å². The predicted octanol–water partition coefficient (Wildman–Crippen LogP) is 3.24. The van der Waals surface area contributed by atoms with Crippen molar-refractivity contribution < 1.29 is 9.50 Å². The van der Waals surface area contributed by atoms with E-state index in [0.29, 0.717) is 12.1 Å². The fourth-order valence-corrected chi connectivity index (χ4v) is 3.41. The van der Waals surface area contributed by atoms with E-state index in [1.165, 1.54) is 6.07 Å². The maximum atomic E-state index is 14.3. The van der Waals surface area contributed by atoms with Gasteiger partial charge in [0.1, 0.15) is 5.82 Å². The molecule has 0 heterocycles. The Hall–Kier alpha value is -1.13. The van der Waals surface area contributed by atoms with Gasteiger partial charge in [-0.25, -0.2) is 4.39 Å². The molecule has 1 fully saturated rings. The second-order valence-corrected chi connectivity index (χ2v) is 6.24. The molecular formula is C17H27FN2O. The Morgan fingerprint density at radius 3 is 2.67 bits per heavy atom. The second kappa shape index (κ2) is 6.75. The van der Waals surface area contributed by atoms with E-state index in [-0.39, 0.29) is 11.9 Å². The van der Waals surface area contributed by atoms with Crippen LogP contribution in [0.2, 0.25) is 0 Å². The third-order valence-electron chi connectivity index (χ3n) is 4.45. The topological polar surface area (TPSA) is 35.5 Å². The molecule has 0 radical (unpaired) electrons. The van der Waals surface area contributed by atoms with Crippen LogP contribution in [0.15, 0.2) is 18.2 Å². The van der Waals surface area contributed by atoms with Gasteiger partial charge in [0.05, 0.1) is 5.60 Å². The van der Waals surface area contributed by atoms with Gasteiger partial charge >= 0.3 is 0 Å². The van der Waals surface area contributed by atoms with Crippen LogP contribution in [0.25, 0.3) is 0 Å². The Bertz CT molecular complexity index is 472. The number of hydrogen-bond donors (Lipinski definition) is 2. The highest BCUT2D eigenvalue weighted by atomic mass is 19.1. The highest BCUT2D eigenvalue weighted by Gasteiger charge is 2.33. The summed E-state index contributed by atoms with van der Waals surface area (Å²) in [5.41, 5.74) is 0.923. The summed E-state index contributed by atoms with van der Waals surface area (Å²) < 4.78 is 14.3. The van der Waals surface area contributed by atoms with E-state index in [1.54, 1.807) is 6.07 Å². The third kappa shape index (κ3) is 3.74. The van der Waals surface area contributed by atoms with E-state index in [9.17, 15) is 9.50 Å². The SMILES string of the molecule is CCNC(C)c1c(F)cccc1N(C)CC1(O)CCCC1. The van der Waals surface area contributed by atoms with Crippen LogP contribution in [0.1, 0.15) is 51.1 Å². The van der Waals surface area contributed by atoms with Gasteiger partial charge in [-0.2, -0.15) is 0 Å². The lowest BCUT2D eigenvalue weighted by atomic mass is 9.99. The number of benzene rings is 1. The zero-order chi connectivity index (χ0) is 15.5. The van der Waals surface area contributed by atoms with Gasteiger partial charge < -0.3 is 15.3 Å². The van der Waals surface area contributed by atoms with Crippen molar-refractivity contribution in [3.8, 4) is 0 Å². The predicted molar refractivity (Wildman–Crippen MR) is 85.2 cm³/mol. The molecule has 2 N–H and O–H groups in total. The number of hydrogen-bond acceptors (Lipinski definition) is 3. The average molecular weight is 294 g/mol. The standard InChI is InChI=1S/C17H27FN2O/c1-4-19-13(2)16-14(18)8-7-9-15(16)20(3)12-17(21)10-5-6-11-17/h7-9,13,19,21H,4-6,10-12H2,1-3H3. The Kier molecular flexibility index (Phi) is 5.22. The van der Waals surface area contributed by atoms with Crippen LogP contribution < -0.4 is 10.2 Å². The van der Waals surface area contributed by atoms with E-state index in [0.717, 1.165) is 37.9 Å². The van der Waals surface area contributed by atoms with Gasteiger partial charge in [0.2, 0.25) is 0 Å². The van der Waals surface area contributed by atoms with E-state index < -0.39 is 5.60 Å². The van der Waals surface area contributed by atoms with Crippen molar-refractivity contribution >= 4 is 5.69 Å². The zero-order valence-corrected chi connectivity index (χ0v) is 13.3. The van der Waals surface area contributed by atoms with Gasteiger partial charge in [0.25, 0.3) is 0 Å². The minimum atomic E-state index is -0.625. The molecular weight excluding hydrogens is 267 g/mol. The van der Waals surface area contributed by atoms with Gasteiger partial charge in [-0.15, -0.1) is 0 Å². The molecule has 0 bridgehead atoms. The molecule has 118 valence electrons. The number of likely N-dealkylation sites (N-methyl/N-ethyl adjacent to an activating group) is 1. The molecule has 1 aromatic rings. The quantitative estimate of drug-likeness (QED) is 0.845. The fourth-order valence-electron chi connectivity index (χ4n) is 3.41. The number of nitrogens with one attached hydrogen (secondary N) is 1. The van der Waals surface area contributed by atoms with Crippen molar-refractivity contribution in [3.63, 3.8) is 0 Å². The van der Waals surface area contributed by atoms with Gasteiger partial charge in [-0.1, -0.05) is 25.8 Å². The summed E-state index contributed by atoms with van der Waals surface area (Å²) >= 11 is 0. The molecule has 2 rings (SSSR count). The number of anilines is 1. The summed E-state index contributed by atoms with van der Waals surface area (Å²) in [4.78, 5) is 2.00. The summed E-state index contributed by atoms with van der Waals surface area (Å²) in [5, 5.41) is 13.8. The van der Waals surface area contributed by atoms with Crippen molar-refractivity contribution in [1.29, 1.82) is 0 Å². The molecule has 3 nitrogen and oxygen atoms in total. The van der Waals surface area contributed by atoms with Crippen LogP contribution in [-0.2, 0) is 0 Å². The summed E-state index contributed by atoms with van der Waals surface area (Å²) in [6.45, 7) is 5.34. The van der Waals surface area contributed by atoms with Crippen LogP contribution in [0.5, 0.6) is 0 Å². The Morgan fingerprint density at radius 2 is 2.05 bits per heavy atom. The van der Waals surface area contributed by atoms with Gasteiger partial charge in [-0.3, -0.25) is 0 Å². The van der Waals surface area contributed by atoms with Gasteiger partial charge in [-0.05, 0) is 38.4 Å². The Labute approximate surface area is 127 Å². The van der Waals surface area contributed by atoms with Crippen molar-refractivity contribution in [2.45, 2.75) is 51.2 Å². The lowest BCUT2D eigenvalue weighted by Gasteiger charge is -2.32. The molecule has 0 aromatic heterocycles. The molecule has 1 aliphatic rings. The molecule has 0 saturated heterocycles. The van der Waals surface area contributed by atoms with Crippen molar-refractivity contribution in [2.24, 2.45) is 0 Å².